The number of hydrogen-bond donors (Lipinski definition) is 0. The van der Waals surface area contributed by atoms with Crippen LogP contribution in [0.3, 0.4) is 0 Å². The molecule has 0 radical (unpaired) electrons. The minimum atomic E-state index is 0.757. The van der Waals surface area contributed by atoms with E-state index in [1.807, 2.05) is 12.1 Å². The molecule has 0 aliphatic rings. The van der Waals surface area contributed by atoms with Crippen LogP contribution in [0.1, 0.15) is 5.69 Å². The van der Waals surface area contributed by atoms with Crippen LogP contribution < -0.4 is 4.57 Å². The van der Waals surface area contributed by atoms with Gasteiger partial charge in [0.1, 0.15) is 0 Å². The monoisotopic (exact) mass is 304 g/mol. The number of rotatable bonds is 1. The number of fused-ring (bicyclic) bond motifs is 3. The van der Waals surface area contributed by atoms with Crippen molar-refractivity contribution in [3.05, 3.63) is 83.5 Å². The highest BCUT2D eigenvalue weighted by atomic mass is 35.5. The van der Waals surface area contributed by atoms with Crippen molar-refractivity contribution in [3.8, 4) is 5.69 Å². The van der Waals surface area contributed by atoms with Gasteiger partial charge in [-0.3, -0.25) is 0 Å². The van der Waals surface area contributed by atoms with Gasteiger partial charge in [-0.1, -0.05) is 35.9 Å². The van der Waals surface area contributed by atoms with Crippen molar-refractivity contribution >= 4 is 33.3 Å². The smallest absolute Gasteiger partial charge is 0.158 e. The Morgan fingerprint density at radius 3 is 2.32 bits per heavy atom. The van der Waals surface area contributed by atoms with Crippen molar-refractivity contribution in [2.75, 3.05) is 0 Å². The summed E-state index contributed by atoms with van der Waals surface area (Å²) in [7, 11) is 0. The summed E-state index contributed by atoms with van der Waals surface area (Å²) in [6.07, 6.45) is 0. The summed E-state index contributed by atoms with van der Waals surface area (Å²) < 4.78 is 2.28. The third-order valence-electron chi connectivity index (χ3n) is 4.12. The summed E-state index contributed by atoms with van der Waals surface area (Å²) in [5.74, 6) is 0. The van der Waals surface area contributed by atoms with Gasteiger partial charge in [0, 0.05) is 36.2 Å². The normalized spacial score (nSPS) is 11.2. The zero-order valence-corrected chi connectivity index (χ0v) is 13.0. The number of nitrogens with zero attached hydrogens (tertiary/aromatic N) is 1. The Morgan fingerprint density at radius 1 is 0.727 bits per heavy atom. The Morgan fingerprint density at radius 2 is 1.50 bits per heavy atom. The average molecular weight is 305 g/mol. The van der Waals surface area contributed by atoms with Gasteiger partial charge in [-0.15, -0.1) is 0 Å². The number of aromatic nitrogens is 1. The topological polar surface area (TPSA) is 3.88 Å². The van der Waals surface area contributed by atoms with Crippen LogP contribution in [0.25, 0.3) is 27.4 Å². The molecule has 0 aliphatic carbocycles. The van der Waals surface area contributed by atoms with E-state index in [0.717, 1.165) is 10.7 Å². The van der Waals surface area contributed by atoms with Gasteiger partial charge in [0.05, 0.1) is 5.39 Å². The van der Waals surface area contributed by atoms with E-state index >= 15 is 0 Å². The molecule has 0 unspecified atom stereocenters. The molecule has 2 heteroatoms. The Bertz CT molecular complexity index is 988. The first-order valence-electron chi connectivity index (χ1n) is 7.33. The Kier molecular flexibility index (Phi) is 3.09. The number of halogens is 1. The Balaban J connectivity index is 2.11. The fraction of sp³-hybridized carbons (Fsp3) is 0.0500. The molecule has 0 saturated heterocycles. The lowest BCUT2D eigenvalue weighted by molar-refractivity contribution is -0.574. The molecule has 0 spiro atoms. The van der Waals surface area contributed by atoms with Crippen LogP contribution in [0.15, 0.2) is 72.8 Å². The van der Waals surface area contributed by atoms with Gasteiger partial charge in [-0.25, -0.2) is 0 Å². The predicted molar refractivity (Wildman–Crippen MR) is 92.7 cm³/mol. The van der Waals surface area contributed by atoms with E-state index in [9.17, 15) is 0 Å². The molecule has 4 aromatic rings. The maximum Gasteiger partial charge on any atom is 0.219 e. The quantitative estimate of drug-likeness (QED) is 0.335. The zero-order chi connectivity index (χ0) is 15.1. The number of hydrogen-bond acceptors (Lipinski definition) is 0. The van der Waals surface area contributed by atoms with Crippen molar-refractivity contribution in [2.24, 2.45) is 0 Å². The average Bonchev–Trinajstić information content (AvgIpc) is 2.55. The first-order chi connectivity index (χ1) is 10.7. The summed E-state index contributed by atoms with van der Waals surface area (Å²) in [4.78, 5) is 0. The molecule has 106 valence electrons. The molecule has 0 saturated carbocycles. The van der Waals surface area contributed by atoms with Crippen LogP contribution in [-0.4, -0.2) is 0 Å². The maximum atomic E-state index is 6.03. The number of aryl methyl sites for hydroxylation is 1. The molecule has 0 aliphatic heterocycles. The highest BCUT2D eigenvalue weighted by molar-refractivity contribution is 6.30. The lowest BCUT2D eigenvalue weighted by Gasteiger charge is -2.07. The van der Waals surface area contributed by atoms with Crippen LogP contribution in [0, 0.1) is 6.92 Å². The molecule has 0 amide bonds. The van der Waals surface area contributed by atoms with Gasteiger partial charge in [-0.05, 0) is 35.0 Å². The van der Waals surface area contributed by atoms with E-state index in [4.69, 9.17) is 11.6 Å². The highest BCUT2D eigenvalue weighted by Gasteiger charge is 2.16. The zero-order valence-electron chi connectivity index (χ0n) is 12.3. The molecule has 1 heterocycles. The molecule has 1 nitrogen and oxygen atoms in total. The molecular weight excluding hydrogens is 290 g/mol. The fourth-order valence-electron chi connectivity index (χ4n) is 3.06. The van der Waals surface area contributed by atoms with Crippen LogP contribution in [0.2, 0.25) is 5.02 Å². The lowest BCUT2D eigenvalue weighted by atomic mass is 10.0. The van der Waals surface area contributed by atoms with Crippen molar-refractivity contribution < 1.29 is 4.57 Å². The maximum absolute atomic E-state index is 6.03. The summed E-state index contributed by atoms with van der Waals surface area (Å²) >= 11 is 6.03. The van der Waals surface area contributed by atoms with E-state index in [0.29, 0.717) is 0 Å². The van der Waals surface area contributed by atoms with Crippen LogP contribution in [-0.2, 0) is 0 Å². The molecule has 0 atom stereocenters. The minimum Gasteiger partial charge on any atom is -0.158 e. The number of pyridine rings is 1. The first kappa shape index (κ1) is 13.3. The second-order valence-electron chi connectivity index (χ2n) is 5.51. The molecule has 0 bridgehead atoms. The third-order valence-corrected chi connectivity index (χ3v) is 4.37. The van der Waals surface area contributed by atoms with Crippen molar-refractivity contribution in [1.29, 1.82) is 0 Å². The SMILES string of the molecule is Cc1ccc2c3ccccc3ccc2[n+]1-c1ccc(Cl)cc1. The first-order valence-corrected chi connectivity index (χ1v) is 7.71. The number of benzene rings is 3. The second-order valence-corrected chi connectivity index (χ2v) is 5.94. The van der Waals surface area contributed by atoms with E-state index in [1.54, 1.807) is 0 Å². The van der Waals surface area contributed by atoms with Crippen molar-refractivity contribution in [2.45, 2.75) is 6.92 Å². The molecule has 3 aromatic carbocycles. The van der Waals surface area contributed by atoms with Crippen molar-refractivity contribution in [1.82, 2.24) is 0 Å². The summed E-state index contributed by atoms with van der Waals surface area (Å²) in [6, 6.07) is 25.2. The van der Waals surface area contributed by atoms with E-state index in [-0.39, 0.29) is 0 Å². The molecule has 0 fully saturated rings. The standard InChI is InChI=1S/C20H15ClN/c1-14-6-12-19-18-5-3-2-4-15(18)7-13-20(19)22(14)17-10-8-16(21)9-11-17/h2-13H,1H3/q+1. The van der Waals surface area contributed by atoms with Crippen LogP contribution in [0.5, 0.6) is 0 Å². The summed E-state index contributed by atoms with van der Waals surface area (Å²) in [6.45, 7) is 2.13. The van der Waals surface area contributed by atoms with E-state index in [1.165, 1.54) is 27.4 Å². The largest absolute Gasteiger partial charge is 0.219 e. The molecule has 4 rings (SSSR count). The highest BCUT2D eigenvalue weighted by Crippen LogP contribution is 2.24. The van der Waals surface area contributed by atoms with E-state index < -0.39 is 0 Å². The Hall–Kier alpha value is -2.38. The van der Waals surface area contributed by atoms with Gasteiger partial charge in [-0.2, -0.15) is 4.57 Å². The lowest BCUT2D eigenvalue weighted by Crippen LogP contribution is -2.34. The second kappa shape index (κ2) is 5.11. The van der Waals surface area contributed by atoms with Gasteiger partial charge < -0.3 is 0 Å². The summed E-state index contributed by atoms with van der Waals surface area (Å²) in [5, 5.41) is 4.57. The summed E-state index contributed by atoms with van der Waals surface area (Å²) in [5.41, 5.74) is 3.54. The van der Waals surface area contributed by atoms with E-state index in [2.05, 4.69) is 72.2 Å². The van der Waals surface area contributed by atoms with Gasteiger partial charge in [0.15, 0.2) is 5.69 Å². The van der Waals surface area contributed by atoms with Crippen molar-refractivity contribution in [3.63, 3.8) is 0 Å². The molecule has 1 aromatic heterocycles. The van der Waals surface area contributed by atoms with Crippen LogP contribution >= 0.6 is 11.6 Å². The predicted octanol–water partition coefficient (Wildman–Crippen LogP) is 5.23. The molecular formula is C20H15ClN+. The Labute approximate surface area is 134 Å². The van der Waals surface area contributed by atoms with Gasteiger partial charge >= 0.3 is 0 Å². The molecule has 0 N–H and O–H groups in total. The minimum absolute atomic E-state index is 0.757. The van der Waals surface area contributed by atoms with Gasteiger partial charge in [0.2, 0.25) is 11.2 Å². The molecule has 22 heavy (non-hydrogen) atoms. The third kappa shape index (κ3) is 2.06. The fourth-order valence-corrected chi connectivity index (χ4v) is 3.18. The van der Waals surface area contributed by atoms with Gasteiger partial charge in [0.25, 0.3) is 0 Å². The van der Waals surface area contributed by atoms with Crippen LogP contribution in [0.4, 0.5) is 0 Å².